The van der Waals surface area contributed by atoms with Crippen molar-refractivity contribution >= 4 is 11.8 Å². The Bertz CT molecular complexity index is 688. The third-order valence-corrected chi connectivity index (χ3v) is 4.23. The SMILES string of the molecule is O=C(NC1CC(=O)N(CCCc2ccccc2)C1)c1ccncc1. The molecule has 1 N–H and O–H groups in total. The Morgan fingerprint density at radius 1 is 1.17 bits per heavy atom. The van der Waals surface area contributed by atoms with E-state index in [4.69, 9.17) is 0 Å². The fourth-order valence-electron chi connectivity index (χ4n) is 2.98. The summed E-state index contributed by atoms with van der Waals surface area (Å²) < 4.78 is 0. The van der Waals surface area contributed by atoms with Crippen LogP contribution in [0.5, 0.6) is 0 Å². The van der Waals surface area contributed by atoms with Gasteiger partial charge in [-0.05, 0) is 30.5 Å². The maximum absolute atomic E-state index is 12.1. The molecule has 5 nitrogen and oxygen atoms in total. The van der Waals surface area contributed by atoms with Crippen molar-refractivity contribution in [2.45, 2.75) is 25.3 Å². The molecule has 1 aliphatic heterocycles. The maximum atomic E-state index is 12.1. The zero-order valence-corrected chi connectivity index (χ0v) is 13.5. The van der Waals surface area contributed by atoms with Crippen molar-refractivity contribution in [2.75, 3.05) is 13.1 Å². The standard InChI is InChI=1S/C19H21N3O2/c23-18-13-17(21-19(24)16-8-10-20-11-9-16)14-22(18)12-4-7-15-5-2-1-3-6-15/h1-3,5-6,8-11,17H,4,7,12-14H2,(H,21,24). The molecule has 5 heteroatoms. The Labute approximate surface area is 141 Å². The van der Waals surface area contributed by atoms with E-state index in [2.05, 4.69) is 22.4 Å². The van der Waals surface area contributed by atoms with Crippen LogP contribution in [-0.4, -0.2) is 40.8 Å². The lowest BCUT2D eigenvalue weighted by molar-refractivity contribution is -0.127. The molecule has 2 amide bonds. The zero-order valence-electron chi connectivity index (χ0n) is 13.5. The first-order chi connectivity index (χ1) is 11.7. The van der Waals surface area contributed by atoms with Gasteiger partial charge in [-0.25, -0.2) is 0 Å². The molecule has 0 radical (unpaired) electrons. The summed E-state index contributed by atoms with van der Waals surface area (Å²) in [5.41, 5.74) is 1.85. The van der Waals surface area contributed by atoms with E-state index in [-0.39, 0.29) is 17.9 Å². The minimum atomic E-state index is -0.152. The third kappa shape index (κ3) is 4.19. The van der Waals surface area contributed by atoms with Crippen molar-refractivity contribution in [3.63, 3.8) is 0 Å². The normalized spacial score (nSPS) is 17.1. The average molecular weight is 323 g/mol. The minimum absolute atomic E-state index is 0.114. The molecule has 2 heterocycles. The second-order valence-corrected chi connectivity index (χ2v) is 6.04. The van der Waals surface area contributed by atoms with Crippen LogP contribution in [0.3, 0.4) is 0 Å². The number of pyridine rings is 1. The number of nitrogens with zero attached hydrogens (tertiary/aromatic N) is 2. The number of likely N-dealkylation sites (tertiary alicyclic amines) is 1. The first-order valence-electron chi connectivity index (χ1n) is 8.25. The van der Waals surface area contributed by atoms with Crippen LogP contribution >= 0.6 is 0 Å². The van der Waals surface area contributed by atoms with Crippen LogP contribution in [-0.2, 0) is 11.2 Å². The lowest BCUT2D eigenvalue weighted by Crippen LogP contribution is -2.37. The molecule has 0 aliphatic carbocycles. The first-order valence-corrected chi connectivity index (χ1v) is 8.25. The van der Waals surface area contributed by atoms with Gasteiger partial charge in [0.15, 0.2) is 0 Å². The van der Waals surface area contributed by atoms with E-state index in [1.807, 2.05) is 23.1 Å². The van der Waals surface area contributed by atoms with Crippen LogP contribution in [0.25, 0.3) is 0 Å². The lowest BCUT2D eigenvalue weighted by atomic mass is 10.1. The van der Waals surface area contributed by atoms with E-state index in [0.717, 1.165) is 19.4 Å². The number of nitrogens with one attached hydrogen (secondary N) is 1. The second-order valence-electron chi connectivity index (χ2n) is 6.04. The lowest BCUT2D eigenvalue weighted by Gasteiger charge is -2.17. The molecule has 0 bridgehead atoms. The summed E-state index contributed by atoms with van der Waals surface area (Å²) in [5, 5.41) is 2.93. The van der Waals surface area contributed by atoms with Crippen molar-refractivity contribution in [3.05, 3.63) is 66.0 Å². The van der Waals surface area contributed by atoms with Crippen molar-refractivity contribution in [1.82, 2.24) is 15.2 Å². The highest BCUT2D eigenvalue weighted by molar-refractivity contribution is 5.94. The number of hydrogen-bond donors (Lipinski definition) is 1. The van der Waals surface area contributed by atoms with E-state index in [1.54, 1.807) is 24.5 Å². The third-order valence-electron chi connectivity index (χ3n) is 4.23. The van der Waals surface area contributed by atoms with Gasteiger partial charge in [-0.1, -0.05) is 30.3 Å². The molecule has 2 aromatic rings. The van der Waals surface area contributed by atoms with Gasteiger partial charge < -0.3 is 10.2 Å². The molecule has 1 aliphatic rings. The van der Waals surface area contributed by atoms with E-state index in [9.17, 15) is 9.59 Å². The fraction of sp³-hybridized carbons (Fsp3) is 0.316. The number of aromatic nitrogens is 1. The summed E-state index contributed by atoms with van der Waals surface area (Å²) in [6, 6.07) is 13.5. The van der Waals surface area contributed by atoms with Gasteiger partial charge in [0.2, 0.25) is 5.91 Å². The zero-order chi connectivity index (χ0) is 16.8. The molecule has 0 saturated carbocycles. The molecular weight excluding hydrogens is 302 g/mol. The number of rotatable bonds is 6. The predicted octanol–water partition coefficient (Wildman–Crippen LogP) is 2.05. The Balaban J connectivity index is 1.46. The van der Waals surface area contributed by atoms with Gasteiger partial charge in [0.1, 0.15) is 0 Å². The predicted molar refractivity (Wildman–Crippen MR) is 91.5 cm³/mol. The van der Waals surface area contributed by atoms with Gasteiger partial charge >= 0.3 is 0 Å². The highest BCUT2D eigenvalue weighted by atomic mass is 16.2. The Morgan fingerprint density at radius 3 is 2.67 bits per heavy atom. The minimum Gasteiger partial charge on any atom is -0.347 e. The molecule has 1 fully saturated rings. The molecule has 1 aromatic heterocycles. The van der Waals surface area contributed by atoms with Crippen molar-refractivity contribution in [3.8, 4) is 0 Å². The van der Waals surface area contributed by atoms with Gasteiger partial charge in [0.25, 0.3) is 5.91 Å². The summed E-state index contributed by atoms with van der Waals surface area (Å²) in [6.45, 7) is 1.32. The summed E-state index contributed by atoms with van der Waals surface area (Å²) in [5.74, 6) is -0.0376. The molecule has 124 valence electrons. The summed E-state index contributed by atoms with van der Waals surface area (Å²) >= 11 is 0. The van der Waals surface area contributed by atoms with Gasteiger partial charge in [0.05, 0.1) is 6.04 Å². The molecule has 1 saturated heterocycles. The molecular formula is C19H21N3O2. The van der Waals surface area contributed by atoms with Crippen molar-refractivity contribution < 1.29 is 9.59 Å². The van der Waals surface area contributed by atoms with Crippen molar-refractivity contribution in [1.29, 1.82) is 0 Å². The fourth-order valence-corrected chi connectivity index (χ4v) is 2.98. The second kappa shape index (κ2) is 7.73. The number of carbonyl (C=O) groups excluding carboxylic acids is 2. The number of hydrogen-bond acceptors (Lipinski definition) is 3. The number of amides is 2. The highest BCUT2D eigenvalue weighted by Crippen LogP contribution is 2.13. The molecule has 1 aromatic carbocycles. The summed E-state index contributed by atoms with van der Waals surface area (Å²) in [4.78, 5) is 30.0. The monoisotopic (exact) mass is 323 g/mol. The summed E-state index contributed by atoms with van der Waals surface area (Å²) in [6.07, 6.45) is 5.44. The van der Waals surface area contributed by atoms with E-state index in [0.29, 0.717) is 18.5 Å². The van der Waals surface area contributed by atoms with E-state index in [1.165, 1.54) is 5.56 Å². The van der Waals surface area contributed by atoms with E-state index < -0.39 is 0 Å². The Hall–Kier alpha value is -2.69. The van der Waals surface area contributed by atoms with Crippen LogP contribution < -0.4 is 5.32 Å². The number of benzene rings is 1. The molecule has 1 atom stereocenters. The van der Waals surface area contributed by atoms with Gasteiger partial charge in [-0.2, -0.15) is 0 Å². The smallest absolute Gasteiger partial charge is 0.251 e. The molecule has 3 rings (SSSR count). The average Bonchev–Trinajstić information content (AvgIpc) is 2.96. The maximum Gasteiger partial charge on any atom is 0.251 e. The first kappa shape index (κ1) is 16.2. The molecule has 1 unspecified atom stereocenters. The van der Waals surface area contributed by atoms with Crippen LogP contribution in [0.2, 0.25) is 0 Å². The largest absolute Gasteiger partial charge is 0.347 e. The van der Waals surface area contributed by atoms with Gasteiger partial charge in [0, 0.05) is 37.5 Å². The van der Waals surface area contributed by atoms with Gasteiger partial charge in [-0.3, -0.25) is 14.6 Å². The van der Waals surface area contributed by atoms with Crippen LogP contribution in [0.4, 0.5) is 0 Å². The van der Waals surface area contributed by atoms with Crippen LogP contribution in [0.1, 0.15) is 28.8 Å². The van der Waals surface area contributed by atoms with E-state index >= 15 is 0 Å². The van der Waals surface area contributed by atoms with Gasteiger partial charge in [-0.15, -0.1) is 0 Å². The molecule has 0 spiro atoms. The quantitative estimate of drug-likeness (QED) is 0.885. The molecule has 24 heavy (non-hydrogen) atoms. The Morgan fingerprint density at radius 2 is 1.92 bits per heavy atom. The number of aryl methyl sites for hydroxylation is 1. The topological polar surface area (TPSA) is 62.3 Å². The van der Waals surface area contributed by atoms with Crippen LogP contribution in [0, 0.1) is 0 Å². The highest BCUT2D eigenvalue weighted by Gasteiger charge is 2.30. The number of carbonyl (C=O) groups is 2. The summed E-state index contributed by atoms with van der Waals surface area (Å²) in [7, 11) is 0. The van der Waals surface area contributed by atoms with Crippen molar-refractivity contribution in [2.24, 2.45) is 0 Å². The Kier molecular flexibility index (Phi) is 5.21. The van der Waals surface area contributed by atoms with Crippen LogP contribution in [0.15, 0.2) is 54.9 Å².